The number of aliphatic imine (C=N–C) groups is 1. The van der Waals surface area contributed by atoms with E-state index in [2.05, 4.69) is 40.7 Å². The number of piperidine rings is 1. The van der Waals surface area contributed by atoms with Crippen molar-refractivity contribution in [2.45, 2.75) is 51.5 Å². The molecule has 1 atom stereocenters. The van der Waals surface area contributed by atoms with Crippen molar-refractivity contribution in [1.82, 2.24) is 14.9 Å². The van der Waals surface area contributed by atoms with E-state index in [-0.39, 0.29) is 30.0 Å². The van der Waals surface area contributed by atoms with E-state index in [1.807, 2.05) is 0 Å². The van der Waals surface area contributed by atoms with Crippen LogP contribution in [0.1, 0.15) is 55.3 Å². The summed E-state index contributed by atoms with van der Waals surface area (Å²) in [4.78, 5) is 4.37. The van der Waals surface area contributed by atoms with Gasteiger partial charge in [0.1, 0.15) is 0 Å². The van der Waals surface area contributed by atoms with E-state index in [4.69, 9.17) is 0 Å². The van der Waals surface area contributed by atoms with E-state index in [1.165, 1.54) is 48.6 Å². The molecule has 1 aromatic rings. The minimum absolute atomic E-state index is 0. The van der Waals surface area contributed by atoms with E-state index in [1.54, 1.807) is 11.4 Å². The number of fused-ring (bicyclic) bond motifs is 1. The largest absolute Gasteiger partial charge is 0.356 e. The molecule has 1 heterocycles. The van der Waals surface area contributed by atoms with Gasteiger partial charge in [0.15, 0.2) is 5.96 Å². The number of nitrogens with one attached hydrogen (secondary N) is 2. The lowest BCUT2D eigenvalue weighted by molar-refractivity contribution is 0.274. The minimum Gasteiger partial charge on any atom is -0.356 e. The number of hydrogen-bond donors (Lipinski definition) is 2. The number of hydrogen-bond acceptors (Lipinski definition) is 3. The van der Waals surface area contributed by atoms with Crippen LogP contribution in [-0.2, 0) is 22.9 Å². The standard InChI is InChI=1S/C21H34N4O2S.HI/c1-16(19-9-8-18-6-4-5-7-20(18)14-19)24-21(22-2)23-15-17-10-12-25(13-11-17)28(3,26)27;/h8-9,14,16-17H,4-7,10-13,15H2,1-3H3,(H2,22,23,24);1H. The molecule has 2 aliphatic rings. The van der Waals surface area contributed by atoms with Crippen LogP contribution >= 0.6 is 24.0 Å². The smallest absolute Gasteiger partial charge is 0.211 e. The van der Waals surface area contributed by atoms with Crippen LogP contribution in [0.5, 0.6) is 0 Å². The Morgan fingerprint density at radius 1 is 1.21 bits per heavy atom. The molecular weight excluding hydrogens is 499 g/mol. The molecule has 0 saturated carbocycles. The van der Waals surface area contributed by atoms with Gasteiger partial charge in [-0.25, -0.2) is 12.7 Å². The lowest BCUT2D eigenvalue weighted by Crippen LogP contribution is -2.44. The zero-order valence-corrected chi connectivity index (χ0v) is 20.9. The van der Waals surface area contributed by atoms with E-state index < -0.39 is 10.0 Å². The van der Waals surface area contributed by atoms with Crippen LogP contribution in [0.15, 0.2) is 23.2 Å². The van der Waals surface area contributed by atoms with E-state index in [9.17, 15) is 8.42 Å². The van der Waals surface area contributed by atoms with Gasteiger partial charge in [0, 0.05) is 26.7 Å². The Morgan fingerprint density at radius 3 is 2.48 bits per heavy atom. The average molecular weight is 535 g/mol. The van der Waals surface area contributed by atoms with Crippen molar-refractivity contribution in [2.75, 3.05) is 32.9 Å². The molecule has 1 saturated heterocycles. The Bertz CT molecular complexity index is 805. The number of aryl methyl sites for hydroxylation is 2. The monoisotopic (exact) mass is 534 g/mol. The van der Waals surface area contributed by atoms with Gasteiger partial charge in [0.25, 0.3) is 0 Å². The van der Waals surface area contributed by atoms with Gasteiger partial charge in [0.2, 0.25) is 10.0 Å². The number of rotatable bonds is 5. The zero-order valence-electron chi connectivity index (χ0n) is 17.8. The summed E-state index contributed by atoms with van der Waals surface area (Å²) in [6.07, 6.45) is 8.06. The second kappa shape index (κ2) is 10.9. The highest BCUT2D eigenvalue weighted by atomic mass is 127. The first-order valence-electron chi connectivity index (χ1n) is 10.4. The molecule has 1 fully saturated rings. The molecule has 1 aliphatic carbocycles. The van der Waals surface area contributed by atoms with Gasteiger partial charge in [-0.3, -0.25) is 4.99 Å². The van der Waals surface area contributed by atoms with Crippen LogP contribution in [-0.4, -0.2) is 51.6 Å². The van der Waals surface area contributed by atoms with Crippen LogP contribution < -0.4 is 10.6 Å². The van der Waals surface area contributed by atoms with Crippen LogP contribution in [0.2, 0.25) is 0 Å². The Hall–Kier alpha value is -0.870. The molecule has 29 heavy (non-hydrogen) atoms. The number of guanidine groups is 1. The van der Waals surface area contributed by atoms with Crippen LogP contribution in [0.4, 0.5) is 0 Å². The number of sulfonamides is 1. The number of benzene rings is 1. The summed E-state index contributed by atoms with van der Waals surface area (Å²) in [6, 6.07) is 7.05. The molecule has 0 bridgehead atoms. The first-order valence-corrected chi connectivity index (χ1v) is 12.3. The zero-order chi connectivity index (χ0) is 20.1. The van der Waals surface area contributed by atoms with Gasteiger partial charge in [0.05, 0.1) is 12.3 Å². The Kier molecular flexibility index (Phi) is 9.21. The molecule has 1 unspecified atom stereocenters. The predicted octanol–water partition coefficient (Wildman–Crippen LogP) is 3.08. The average Bonchev–Trinajstić information content (AvgIpc) is 2.70. The lowest BCUT2D eigenvalue weighted by atomic mass is 9.89. The van der Waals surface area contributed by atoms with E-state index in [0.29, 0.717) is 19.0 Å². The second-order valence-corrected chi connectivity index (χ2v) is 10.1. The van der Waals surface area contributed by atoms with Crippen molar-refractivity contribution < 1.29 is 8.42 Å². The van der Waals surface area contributed by atoms with Crippen molar-refractivity contribution in [3.63, 3.8) is 0 Å². The van der Waals surface area contributed by atoms with Gasteiger partial charge in [-0.1, -0.05) is 18.2 Å². The molecule has 2 N–H and O–H groups in total. The third-order valence-electron chi connectivity index (χ3n) is 6.05. The van der Waals surface area contributed by atoms with Crippen molar-refractivity contribution in [3.05, 3.63) is 34.9 Å². The fraction of sp³-hybridized carbons (Fsp3) is 0.667. The van der Waals surface area contributed by atoms with Crippen molar-refractivity contribution >= 4 is 40.0 Å². The molecule has 164 valence electrons. The molecule has 3 rings (SSSR count). The Labute approximate surface area is 193 Å². The van der Waals surface area contributed by atoms with Gasteiger partial charge < -0.3 is 10.6 Å². The molecule has 0 amide bonds. The topological polar surface area (TPSA) is 73.8 Å². The maximum atomic E-state index is 11.6. The van der Waals surface area contributed by atoms with Gasteiger partial charge in [-0.2, -0.15) is 0 Å². The first-order chi connectivity index (χ1) is 13.4. The molecular formula is C21H35IN4O2S. The normalized spacial score (nSPS) is 19.8. The minimum atomic E-state index is -3.06. The quantitative estimate of drug-likeness (QED) is 0.346. The molecule has 8 heteroatoms. The van der Waals surface area contributed by atoms with Crippen LogP contribution in [0.3, 0.4) is 0 Å². The maximum Gasteiger partial charge on any atom is 0.211 e. The summed E-state index contributed by atoms with van der Waals surface area (Å²) in [5, 5.41) is 6.92. The molecule has 6 nitrogen and oxygen atoms in total. The van der Waals surface area contributed by atoms with Crippen molar-refractivity contribution in [2.24, 2.45) is 10.9 Å². The first kappa shape index (κ1) is 24.4. The third kappa shape index (κ3) is 6.82. The molecule has 0 spiro atoms. The fourth-order valence-corrected chi connectivity index (χ4v) is 5.07. The summed E-state index contributed by atoms with van der Waals surface area (Å²) >= 11 is 0. The van der Waals surface area contributed by atoms with E-state index >= 15 is 0 Å². The molecule has 0 aromatic heterocycles. The summed E-state index contributed by atoms with van der Waals surface area (Å²) in [5.74, 6) is 1.27. The highest BCUT2D eigenvalue weighted by Crippen LogP contribution is 2.25. The SMILES string of the molecule is CN=C(NCC1CCN(S(C)(=O)=O)CC1)NC(C)c1ccc2c(c1)CCCC2.I. The predicted molar refractivity (Wildman–Crippen MR) is 131 cm³/mol. The summed E-state index contributed by atoms with van der Waals surface area (Å²) in [7, 11) is -1.27. The molecule has 1 aliphatic heterocycles. The number of nitrogens with zero attached hydrogens (tertiary/aromatic N) is 2. The van der Waals surface area contributed by atoms with Gasteiger partial charge >= 0.3 is 0 Å². The highest BCUT2D eigenvalue weighted by molar-refractivity contribution is 14.0. The van der Waals surface area contributed by atoms with E-state index in [0.717, 1.165) is 25.3 Å². The summed E-state index contributed by atoms with van der Waals surface area (Å²) in [6.45, 7) is 4.21. The van der Waals surface area contributed by atoms with Crippen molar-refractivity contribution in [3.8, 4) is 0 Å². The summed E-state index contributed by atoms with van der Waals surface area (Å²) < 4.78 is 24.8. The van der Waals surface area contributed by atoms with Crippen LogP contribution in [0.25, 0.3) is 0 Å². The Balaban J connectivity index is 0.00000300. The Morgan fingerprint density at radius 2 is 1.86 bits per heavy atom. The second-order valence-electron chi connectivity index (χ2n) is 8.16. The van der Waals surface area contributed by atoms with Gasteiger partial charge in [-0.05, 0) is 68.1 Å². The maximum absolute atomic E-state index is 11.6. The highest BCUT2D eigenvalue weighted by Gasteiger charge is 2.25. The van der Waals surface area contributed by atoms with Crippen LogP contribution in [0, 0.1) is 5.92 Å². The van der Waals surface area contributed by atoms with Gasteiger partial charge in [-0.15, -0.1) is 24.0 Å². The molecule has 1 aromatic carbocycles. The van der Waals surface area contributed by atoms with Crippen molar-refractivity contribution in [1.29, 1.82) is 0 Å². The molecule has 0 radical (unpaired) electrons. The third-order valence-corrected chi connectivity index (χ3v) is 7.35. The summed E-state index contributed by atoms with van der Waals surface area (Å²) in [5.41, 5.74) is 4.30. The lowest BCUT2D eigenvalue weighted by Gasteiger charge is -2.30. The fourth-order valence-electron chi connectivity index (χ4n) is 4.19. The number of halogens is 1.